The molecule has 0 heterocycles. The summed E-state index contributed by atoms with van der Waals surface area (Å²) in [7, 11) is 0. The van der Waals surface area contributed by atoms with E-state index in [1.54, 1.807) is 11.8 Å². The zero-order valence-electron chi connectivity index (χ0n) is 11.6. The third kappa shape index (κ3) is 4.73. The zero-order chi connectivity index (χ0) is 13.4. The Balaban J connectivity index is 2.66. The van der Waals surface area contributed by atoms with Crippen LogP contribution in [0.2, 0.25) is 0 Å². The molecule has 0 aliphatic rings. The topological polar surface area (TPSA) is 20.3 Å². The van der Waals surface area contributed by atoms with Crippen LogP contribution < -0.4 is 0 Å². The maximum Gasteiger partial charge on any atom is 0.222 e. The number of amides is 1. The predicted molar refractivity (Wildman–Crippen MR) is 78.8 cm³/mol. The molecule has 0 saturated carbocycles. The number of hydrogen-bond donors (Lipinski definition) is 0. The van der Waals surface area contributed by atoms with Gasteiger partial charge < -0.3 is 4.90 Å². The van der Waals surface area contributed by atoms with Crippen molar-refractivity contribution in [2.24, 2.45) is 0 Å². The third-order valence-electron chi connectivity index (χ3n) is 2.84. The fraction of sp³-hybridized carbons (Fsp3) is 0.533. The second kappa shape index (κ2) is 8.20. The Bertz CT molecular complexity index is 361. The molecule has 1 aromatic carbocycles. The maximum absolute atomic E-state index is 12.0. The molecule has 2 nitrogen and oxygen atoms in total. The Morgan fingerprint density at radius 2 is 1.83 bits per heavy atom. The van der Waals surface area contributed by atoms with Gasteiger partial charge in [-0.25, -0.2) is 0 Å². The van der Waals surface area contributed by atoms with E-state index in [0.29, 0.717) is 6.42 Å². The van der Waals surface area contributed by atoms with Crippen molar-refractivity contribution in [3.05, 3.63) is 29.8 Å². The van der Waals surface area contributed by atoms with E-state index in [0.717, 1.165) is 25.9 Å². The first kappa shape index (κ1) is 15.1. The van der Waals surface area contributed by atoms with Crippen LogP contribution in [0.3, 0.4) is 0 Å². The summed E-state index contributed by atoms with van der Waals surface area (Å²) in [5, 5.41) is 0. The molecule has 18 heavy (non-hydrogen) atoms. The molecule has 0 aliphatic carbocycles. The van der Waals surface area contributed by atoms with E-state index in [-0.39, 0.29) is 5.91 Å². The van der Waals surface area contributed by atoms with Crippen molar-refractivity contribution >= 4 is 17.7 Å². The van der Waals surface area contributed by atoms with Crippen molar-refractivity contribution in [2.75, 3.05) is 12.8 Å². The minimum atomic E-state index is 0.272. The van der Waals surface area contributed by atoms with Crippen LogP contribution in [0.4, 0.5) is 0 Å². The lowest BCUT2D eigenvalue weighted by Gasteiger charge is -2.22. The fourth-order valence-corrected chi connectivity index (χ4v) is 2.29. The molecule has 0 unspecified atom stereocenters. The van der Waals surface area contributed by atoms with Gasteiger partial charge in [0.05, 0.1) is 0 Å². The first-order valence-electron chi connectivity index (χ1n) is 6.62. The molecular formula is C15H23NOS. The van der Waals surface area contributed by atoms with Crippen LogP contribution in [-0.4, -0.2) is 23.6 Å². The largest absolute Gasteiger partial charge is 0.338 e. The number of hydrogen-bond acceptors (Lipinski definition) is 2. The van der Waals surface area contributed by atoms with E-state index in [1.165, 1.54) is 10.5 Å². The summed E-state index contributed by atoms with van der Waals surface area (Å²) in [4.78, 5) is 15.2. The number of benzene rings is 1. The van der Waals surface area contributed by atoms with Crippen molar-refractivity contribution in [3.8, 4) is 0 Å². The Labute approximate surface area is 115 Å². The smallest absolute Gasteiger partial charge is 0.222 e. The van der Waals surface area contributed by atoms with Crippen LogP contribution >= 0.6 is 11.8 Å². The van der Waals surface area contributed by atoms with Gasteiger partial charge in [-0.05, 0) is 36.8 Å². The summed E-state index contributed by atoms with van der Waals surface area (Å²) in [6.07, 6.45) is 4.66. The van der Waals surface area contributed by atoms with Crippen molar-refractivity contribution in [3.63, 3.8) is 0 Å². The van der Waals surface area contributed by atoms with Gasteiger partial charge in [-0.15, -0.1) is 11.8 Å². The van der Waals surface area contributed by atoms with Crippen LogP contribution in [0.25, 0.3) is 0 Å². The zero-order valence-corrected chi connectivity index (χ0v) is 12.4. The highest BCUT2D eigenvalue weighted by Crippen LogP contribution is 2.16. The third-order valence-corrected chi connectivity index (χ3v) is 3.59. The van der Waals surface area contributed by atoms with Gasteiger partial charge in [0.2, 0.25) is 5.91 Å². The molecule has 0 aromatic heterocycles. The highest BCUT2D eigenvalue weighted by atomic mass is 32.2. The maximum atomic E-state index is 12.0. The first-order chi connectivity index (χ1) is 8.71. The number of thioether (sulfide) groups is 1. The summed E-state index contributed by atoms with van der Waals surface area (Å²) in [5.41, 5.74) is 1.21. The molecule has 0 radical (unpaired) electrons. The second-order valence-electron chi connectivity index (χ2n) is 4.41. The molecule has 1 amide bonds. The van der Waals surface area contributed by atoms with Crippen molar-refractivity contribution in [1.82, 2.24) is 4.90 Å². The number of rotatable bonds is 7. The van der Waals surface area contributed by atoms with Gasteiger partial charge in [-0.1, -0.05) is 26.0 Å². The summed E-state index contributed by atoms with van der Waals surface area (Å²) >= 11 is 1.74. The number of carbonyl (C=O) groups is 1. The molecule has 0 aliphatic heterocycles. The Morgan fingerprint density at radius 1 is 1.17 bits per heavy atom. The molecule has 0 bridgehead atoms. The summed E-state index contributed by atoms with van der Waals surface area (Å²) in [6, 6.07) is 8.48. The molecule has 1 aromatic rings. The lowest BCUT2D eigenvalue weighted by molar-refractivity contribution is -0.131. The number of carbonyl (C=O) groups excluding carboxylic acids is 1. The van der Waals surface area contributed by atoms with Gasteiger partial charge in [0.15, 0.2) is 0 Å². The standard InChI is InChI=1S/C15H23NOS/c1-4-6-15(17)16(11-5-2)12-13-7-9-14(18-3)10-8-13/h7-10H,4-6,11-12H2,1-3H3. The first-order valence-corrected chi connectivity index (χ1v) is 7.84. The Kier molecular flexibility index (Phi) is 6.88. The molecule has 0 fully saturated rings. The van der Waals surface area contributed by atoms with E-state index in [9.17, 15) is 4.79 Å². The number of nitrogens with zero attached hydrogens (tertiary/aromatic N) is 1. The van der Waals surface area contributed by atoms with E-state index < -0.39 is 0 Å². The van der Waals surface area contributed by atoms with Crippen molar-refractivity contribution in [2.45, 2.75) is 44.6 Å². The molecular weight excluding hydrogens is 242 g/mol. The van der Waals surface area contributed by atoms with Crippen LogP contribution in [0.15, 0.2) is 29.2 Å². The van der Waals surface area contributed by atoms with E-state index in [1.807, 2.05) is 4.90 Å². The molecule has 0 saturated heterocycles. The van der Waals surface area contributed by atoms with E-state index in [4.69, 9.17) is 0 Å². The highest BCUT2D eigenvalue weighted by Gasteiger charge is 2.11. The normalized spacial score (nSPS) is 10.4. The lowest BCUT2D eigenvalue weighted by Crippen LogP contribution is -2.30. The van der Waals surface area contributed by atoms with Crippen LogP contribution in [-0.2, 0) is 11.3 Å². The van der Waals surface area contributed by atoms with Crippen molar-refractivity contribution < 1.29 is 4.79 Å². The van der Waals surface area contributed by atoms with Gasteiger partial charge in [0.25, 0.3) is 0 Å². The monoisotopic (exact) mass is 265 g/mol. The van der Waals surface area contributed by atoms with Crippen LogP contribution in [0, 0.1) is 0 Å². The molecule has 3 heteroatoms. The minimum absolute atomic E-state index is 0.272. The summed E-state index contributed by atoms with van der Waals surface area (Å²) < 4.78 is 0. The quantitative estimate of drug-likeness (QED) is 0.696. The predicted octanol–water partition coefficient (Wildman–Crippen LogP) is 3.95. The summed E-state index contributed by atoms with van der Waals surface area (Å²) in [6.45, 7) is 5.75. The van der Waals surface area contributed by atoms with Gasteiger partial charge in [0, 0.05) is 24.4 Å². The molecule has 0 spiro atoms. The van der Waals surface area contributed by atoms with Gasteiger partial charge in [-0.3, -0.25) is 4.79 Å². The van der Waals surface area contributed by atoms with Gasteiger partial charge in [0.1, 0.15) is 0 Å². The Hall–Kier alpha value is -0.960. The van der Waals surface area contributed by atoms with Gasteiger partial charge in [-0.2, -0.15) is 0 Å². The highest BCUT2D eigenvalue weighted by molar-refractivity contribution is 7.98. The van der Waals surface area contributed by atoms with Crippen molar-refractivity contribution in [1.29, 1.82) is 0 Å². The SMILES string of the molecule is CCCC(=O)N(CCC)Cc1ccc(SC)cc1. The molecule has 0 atom stereocenters. The second-order valence-corrected chi connectivity index (χ2v) is 5.29. The molecule has 0 N–H and O–H groups in total. The molecule has 100 valence electrons. The summed E-state index contributed by atoms with van der Waals surface area (Å²) in [5.74, 6) is 0.272. The van der Waals surface area contributed by atoms with Crippen LogP contribution in [0.1, 0.15) is 38.7 Å². The van der Waals surface area contributed by atoms with E-state index in [2.05, 4.69) is 44.4 Å². The Morgan fingerprint density at radius 3 is 2.33 bits per heavy atom. The molecule has 1 rings (SSSR count). The average molecular weight is 265 g/mol. The minimum Gasteiger partial charge on any atom is -0.338 e. The van der Waals surface area contributed by atoms with Gasteiger partial charge >= 0.3 is 0 Å². The van der Waals surface area contributed by atoms with E-state index >= 15 is 0 Å². The average Bonchev–Trinajstić information content (AvgIpc) is 2.39. The lowest BCUT2D eigenvalue weighted by atomic mass is 10.2. The fourth-order valence-electron chi connectivity index (χ4n) is 1.89. The van der Waals surface area contributed by atoms with Crippen LogP contribution in [0.5, 0.6) is 0 Å².